The molecule has 0 heterocycles. The molecule has 0 aliphatic heterocycles. The molecule has 19 heavy (non-hydrogen) atoms. The number of allylic oxidation sites excluding steroid dienone is 1. The van der Waals surface area contributed by atoms with Crippen molar-refractivity contribution in [2.45, 2.75) is 39.7 Å². The van der Waals surface area contributed by atoms with E-state index in [1.54, 1.807) is 5.57 Å². The Labute approximate surface area is 116 Å². The summed E-state index contributed by atoms with van der Waals surface area (Å²) in [6, 6.07) is 10.4. The maximum Gasteiger partial charge on any atom is 0.0717 e. The highest BCUT2D eigenvalue weighted by Crippen LogP contribution is 2.59. The lowest BCUT2D eigenvalue weighted by Gasteiger charge is -2.56. The third kappa shape index (κ3) is 2.49. The maximum atomic E-state index is 5.82. The predicted molar refractivity (Wildman–Crippen MR) is 78.8 cm³/mol. The molecule has 0 N–H and O–H groups in total. The SMILES string of the molecule is CC1(C)C2CC=C(CCOCc3ccccc3)[C@H]1C2. The molecule has 4 rings (SSSR count). The lowest BCUT2D eigenvalue weighted by Crippen LogP contribution is -2.48. The van der Waals surface area contributed by atoms with Crippen LogP contribution in [0.2, 0.25) is 0 Å². The Bertz CT molecular complexity index is 458. The van der Waals surface area contributed by atoms with Crippen LogP contribution >= 0.6 is 0 Å². The van der Waals surface area contributed by atoms with Crippen LogP contribution in [0.4, 0.5) is 0 Å². The molecule has 1 heteroatoms. The highest BCUT2D eigenvalue weighted by Gasteiger charge is 2.50. The number of hydrogen-bond acceptors (Lipinski definition) is 1. The van der Waals surface area contributed by atoms with E-state index in [2.05, 4.69) is 44.2 Å². The van der Waals surface area contributed by atoms with Gasteiger partial charge in [-0.2, -0.15) is 0 Å². The van der Waals surface area contributed by atoms with Crippen LogP contribution < -0.4 is 0 Å². The summed E-state index contributed by atoms with van der Waals surface area (Å²) in [6.45, 7) is 6.47. The molecular weight excluding hydrogens is 232 g/mol. The van der Waals surface area contributed by atoms with Gasteiger partial charge in [0, 0.05) is 0 Å². The molecule has 0 spiro atoms. The molecule has 1 nitrogen and oxygen atoms in total. The lowest BCUT2D eigenvalue weighted by molar-refractivity contribution is -0.0112. The van der Waals surface area contributed by atoms with Crippen molar-refractivity contribution >= 4 is 0 Å². The van der Waals surface area contributed by atoms with Crippen molar-refractivity contribution < 1.29 is 4.74 Å². The first kappa shape index (κ1) is 12.9. The summed E-state index contributed by atoms with van der Waals surface area (Å²) in [4.78, 5) is 0. The van der Waals surface area contributed by atoms with Crippen LogP contribution in [-0.2, 0) is 11.3 Å². The summed E-state index contributed by atoms with van der Waals surface area (Å²) >= 11 is 0. The fourth-order valence-corrected chi connectivity index (χ4v) is 3.71. The number of rotatable bonds is 5. The van der Waals surface area contributed by atoms with Crippen molar-refractivity contribution in [3.8, 4) is 0 Å². The van der Waals surface area contributed by atoms with Crippen molar-refractivity contribution in [3.05, 3.63) is 47.5 Å². The smallest absolute Gasteiger partial charge is 0.0717 e. The Morgan fingerprint density at radius 2 is 2.00 bits per heavy atom. The van der Waals surface area contributed by atoms with Gasteiger partial charge in [-0.25, -0.2) is 0 Å². The quantitative estimate of drug-likeness (QED) is 0.553. The van der Waals surface area contributed by atoms with E-state index in [4.69, 9.17) is 4.74 Å². The van der Waals surface area contributed by atoms with Gasteiger partial charge in [0.1, 0.15) is 0 Å². The van der Waals surface area contributed by atoms with Gasteiger partial charge in [-0.15, -0.1) is 0 Å². The summed E-state index contributed by atoms with van der Waals surface area (Å²) in [5.41, 5.74) is 3.47. The minimum absolute atomic E-state index is 0.545. The third-order valence-electron chi connectivity index (χ3n) is 5.23. The molecule has 0 saturated heterocycles. The molecule has 1 aromatic rings. The van der Waals surface area contributed by atoms with E-state index in [1.807, 2.05) is 6.07 Å². The molecule has 2 atom stereocenters. The van der Waals surface area contributed by atoms with E-state index in [0.717, 1.165) is 31.5 Å². The van der Waals surface area contributed by atoms with Crippen LogP contribution in [0, 0.1) is 17.3 Å². The third-order valence-corrected chi connectivity index (χ3v) is 5.23. The van der Waals surface area contributed by atoms with E-state index in [9.17, 15) is 0 Å². The van der Waals surface area contributed by atoms with E-state index in [-0.39, 0.29) is 0 Å². The molecule has 2 bridgehead atoms. The highest BCUT2D eigenvalue weighted by molar-refractivity contribution is 5.23. The zero-order valence-corrected chi connectivity index (χ0v) is 12.1. The lowest BCUT2D eigenvalue weighted by atomic mass is 9.48. The minimum atomic E-state index is 0.545. The summed E-state index contributed by atoms with van der Waals surface area (Å²) < 4.78 is 5.82. The van der Waals surface area contributed by atoms with Crippen LogP contribution in [-0.4, -0.2) is 6.61 Å². The molecule has 102 valence electrons. The van der Waals surface area contributed by atoms with Gasteiger partial charge in [-0.3, -0.25) is 0 Å². The molecule has 0 amide bonds. The Balaban J connectivity index is 1.45. The normalized spacial score (nSPS) is 27.6. The molecule has 0 radical (unpaired) electrons. The zero-order valence-electron chi connectivity index (χ0n) is 12.1. The summed E-state index contributed by atoms with van der Waals surface area (Å²) in [6.07, 6.45) is 6.30. The average Bonchev–Trinajstić information content (AvgIpc) is 2.45. The van der Waals surface area contributed by atoms with Gasteiger partial charge in [0.05, 0.1) is 13.2 Å². The van der Waals surface area contributed by atoms with Crippen LogP contribution in [0.3, 0.4) is 0 Å². The first-order chi connectivity index (χ1) is 9.18. The van der Waals surface area contributed by atoms with Gasteiger partial charge in [-0.05, 0) is 42.1 Å². The topological polar surface area (TPSA) is 9.23 Å². The molecule has 1 saturated carbocycles. The van der Waals surface area contributed by atoms with Crippen LogP contribution in [0.15, 0.2) is 42.0 Å². The largest absolute Gasteiger partial charge is 0.376 e. The number of benzene rings is 1. The molecule has 1 unspecified atom stereocenters. The Kier molecular flexibility index (Phi) is 3.49. The van der Waals surface area contributed by atoms with Gasteiger partial charge in [-0.1, -0.05) is 55.8 Å². The van der Waals surface area contributed by atoms with Crippen molar-refractivity contribution in [3.63, 3.8) is 0 Å². The van der Waals surface area contributed by atoms with Gasteiger partial charge in [0.25, 0.3) is 0 Å². The Morgan fingerprint density at radius 3 is 2.68 bits per heavy atom. The standard InChI is InChI=1S/C18H24O/c1-18(2)16-9-8-15(17(18)12-16)10-11-19-13-14-6-4-3-5-7-14/h3-8,16-17H,9-13H2,1-2H3/t16?,17-/m1/s1. The van der Waals surface area contributed by atoms with Crippen LogP contribution in [0.5, 0.6) is 0 Å². The second-order valence-electron chi connectivity index (χ2n) is 6.61. The predicted octanol–water partition coefficient (Wildman–Crippen LogP) is 4.59. The fourth-order valence-electron chi connectivity index (χ4n) is 3.71. The Hall–Kier alpha value is -1.08. The number of hydrogen-bond donors (Lipinski definition) is 0. The number of ether oxygens (including phenoxy) is 1. The minimum Gasteiger partial charge on any atom is -0.376 e. The van der Waals surface area contributed by atoms with Crippen molar-refractivity contribution in [2.24, 2.45) is 17.3 Å². The monoisotopic (exact) mass is 256 g/mol. The first-order valence-corrected chi connectivity index (χ1v) is 7.48. The Morgan fingerprint density at radius 1 is 1.21 bits per heavy atom. The molecule has 3 aliphatic carbocycles. The van der Waals surface area contributed by atoms with E-state index < -0.39 is 0 Å². The second-order valence-corrected chi connectivity index (χ2v) is 6.61. The van der Waals surface area contributed by atoms with Crippen LogP contribution in [0.1, 0.15) is 38.7 Å². The maximum absolute atomic E-state index is 5.82. The number of fused-ring (bicyclic) bond motifs is 1. The van der Waals surface area contributed by atoms with E-state index in [1.165, 1.54) is 18.4 Å². The van der Waals surface area contributed by atoms with E-state index >= 15 is 0 Å². The zero-order chi connectivity index (χ0) is 13.3. The second kappa shape index (κ2) is 5.13. The summed E-state index contributed by atoms with van der Waals surface area (Å²) in [5.74, 6) is 1.76. The van der Waals surface area contributed by atoms with Crippen molar-refractivity contribution in [1.82, 2.24) is 0 Å². The first-order valence-electron chi connectivity index (χ1n) is 7.48. The summed E-state index contributed by atoms with van der Waals surface area (Å²) in [5, 5.41) is 0. The van der Waals surface area contributed by atoms with E-state index in [0.29, 0.717) is 5.41 Å². The molecule has 0 aromatic heterocycles. The molecule has 1 aromatic carbocycles. The average molecular weight is 256 g/mol. The van der Waals surface area contributed by atoms with Gasteiger partial charge < -0.3 is 4.74 Å². The molecular formula is C18H24O. The van der Waals surface area contributed by atoms with Crippen molar-refractivity contribution in [2.75, 3.05) is 6.61 Å². The van der Waals surface area contributed by atoms with Gasteiger partial charge in [0.2, 0.25) is 0 Å². The molecule has 1 fully saturated rings. The van der Waals surface area contributed by atoms with Gasteiger partial charge in [0.15, 0.2) is 0 Å². The van der Waals surface area contributed by atoms with Crippen molar-refractivity contribution in [1.29, 1.82) is 0 Å². The van der Waals surface area contributed by atoms with Crippen LogP contribution in [0.25, 0.3) is 0 Å². The highest BCUT2D eigenvalue weighted by atomic mass is 16.5. The van der Waals surface area contributed by atoms with Gasteiger partial charge >= 0.3 is 0 Å². The molecule has 3 aliphatic rings. The summed E-state index contributed by atoms with van der Waals surface area (Å²) in [7, 11) is 0. The fraction of sp³-hybridized carbons (Fsp3) is 0.556.